The second-order valence-electron chi connectivity index (χ2n) is 0. The molecular weight excluding hydrogens is 312 g/mol. The zero-order valence-electron chi connectivity index (χ0n) is 1.76. The molecule has 0 spiro atoms. The van der Waals surface area contributed by atoms with E-state index in [0.29, 0.717) is 0 Å². The van der Waals surface area contributed by atoms with Crippen LogP contribution in [0.5, 0.6) is 0 Å². The Bertz CT molecular complexity index is 8.00. The zero-order valence-corrected chi connectivity index (χ0v) is 8.05. The Morgan fingerprint density at radius 3 is 1.25 bits per heavy atom. The summed E-state index contributed by atoms with van der Waals surface area (Å²) >= 11 is 0.750. The van der Waals surface area contributed by atoms with E-state index in [1.165, 1.54) is 0 Å². The van der Waals surface area contributed by atoms with Gasteiger partial charge in [0.05, 0.1) is 0 Å². The van der Waals surface area contributed by atoms with Crippen molar-refractivity contribution in [1.82, 2.24) is 0 Å². The maximum Gasteiger partial charge on any atom is 0 e. The molecule has 0 radical (unpaired) electrons. The van der Waals surface area contributed by atoms with E-state index >= 15 is 0 Å². The standard InChI is InChI=1S/Gd.O.Ti.Zr. The first-order valence-electron chi connectivity index (χ1n) is 0.204. The molecule has 0 heterocycles. The van der Waals surface area contributed by atoms with Gasteiger partial charge in [0.2, 0.25) is 0 Å². The second kappa shape index (κ2) is 17.2. The van der Waals surface area contributed by atoms with E-state index < -0.39 is 0 Å². The van der Waals surface area contributed by atoms with Gasteiger partial charge in [0.1, 0.15) is 0 Å². The summed E-state index contributed by atoms with van der Waals surface area (Å²) in [6.07, 6.45) is 0. The van der Waals surface area contributed by atoms with Gasteiger partial charge in [-0.1, -0.05) is 0 Å². The van der Waals surface area contributed by atoms with Crippen molar-refractivity contribution < 1.29 is 89.9 Å². The normalized spacial score (nSPS) is 0.750. The monoisotopic (exact) mass is 312 g/mol. The first kappa shape index (κ1) is 15.9. The van der Waals surface area contributed by atoms with E-state index in [1.54, 1.807) is 0 Å². The van der Waals surface area contributed by atoms with E-state index in [0.717, 1.165) is 20.4 Å². The molecule has 0 bridgehead atoms. The molecule has 0 aromatic rings. The largest absolute Gasteiger partial charge is 0 e. The SMILES string of the molecule is [Gd].[O]=[Ti].[Zr]. The fourth-order valence-electron chi connectivity index (χ4n) is 0. The van der Waals surface area contributed by atoms with Crippen LogP contribution in [0, 0.1) is 39.9 Å². The Hall–Kier alpha value is 2.72. The molecule has 0 saturated heterocycles. The fourth-order valence-corrected chi connectivity index (χ4v) is 0. The van der Waals surface area contributed by atoms with Crippen LogP contribution in [0.3, 0.4) is 0 Å². The van der Waals surface area contributed by atoms with Gasteiger partial charge in [0.15, 0.2) is 0 Å². The molecule has 0 N–H and O–H groups in total. The van der Waals surface area contributed by atoms with E-state index in [-0.39, 0.29) is 66.1 Å². The summed E-state index contributed by atoms with van der Waals surface area (Å²) in [6, 6.07) is 0. The summed E-state index contributed by atoms with van der Waals surface area (Å²) in [4.78, 5) is 0. The molecule has 0 rings (SSSR count). The topological polar surface area (TPSA) is 17.1 Å². The van der Waals surface area contributed by atoms with Crippen molar-refractivity contribution in [3.05, 3.63) is 0 Å². The summed E-state index contributed by atoms with van der Waals surface area (Å²) in [7, 11) is 0. The van der Waals surface area contributed by atoms with Crippen molar-refractivity contribution in [3.63, 3.8) is 0 Å². The molecule has 1 nitrogen and oxygen atoms in total. The summed E-state index contributed by atoms with van der Waals surface area (Å²) in [5.74, 6) is 0. The molecule has 4 heavy (non-hydrogen) atoms. The van der Waals surface area contributed by atoms with Crippen LogP contribution in [0.1, 0.15) is 0 Å². The molecule has 0 unspecified atom stereocenters. The van der Waals surface area contributed by atoms with Crippen LogP contribution in [0.15, 0.2) is 0 Å². The summed E-state index contributed by atoms with van der Waals surface area (Å²) in [6.45, 7) is 0. The van der Waals surface area contributed by atoms with Crippen LogP contribution in [0.4, 0.5) is 0 Å². The van der Waals surface area contributed by atoms with Gasteiger partial charge in [-0.3, -0.25) is 0 Å². The molecule has 0 aliphatic heterocycles. The molecule has 0 aliphatic rings. The minimum Gasteiger partial charge on any atom is 0 e. The predicted octanol–water partition coefficient (Wildman–Crippen LogP) is -0.124. The average Bonchev–Trinajstić information content (AvgIpc) is 1.00. The third kappa shape index (κ3) is 8.83. The average molecular weight is 312 g/mol. The molecule has 0 atom stereocenters. The smallest absolute Gasteiger partial charge is 0 e. The van der Waals surface area contributed by atoms with E-state index in [9.17, 15) is 0 Å². The second-order valence-corrected chi connectivity index (χ2v) is 0. The Labute approximate surface area is 87.8 Å². The van der Waals surface area contributed by atoms with Crippen LogP contribution in [-0.4, -0.2) is 0 Å². The molecule has 4 heteroatoms. The van der Waals surface area contributed by atoms with E-state index in [4.69, 9.17) is 3.32 Å². The molecule has 0 aromatic carbocycles. The maximum absolute atomic E-state index is 8.25. The summed E-state index contributed by atoms with van der Waals surface area (Å²) < 4.78 is 8.25. The number of hydrogen-bond donors (Lipinski definition) is 0. The van der Waals surface area contributed by atoms with Gasteiger partial charge in [-0.15, -0.1) is 0 Å². The fraction of sp³-hybridized carbons (Fsp3) is 0. The minimum atomic E-state index is 0. The number of rotatable bonds is 0. The maximum atomic E-state index is 8.25. The van der Waals surface area contributed by atoms with Crippen molar-refractivity contribution in [1.29, 1.82) is 0 Å². The summed E-state index contributed by atoms with van der Waals surface area (Å²) in [5.41, 5.74) is 0. The Morgan fingerprint density at radius 2 is 1.25 bits per heavy atom. The number of hydrogen-bond acceptors (Lipinski definition) is 1. The Balaban J connectivity index is -0.00000000500. The van der Waals surface area contributed by atoms with E-state index in [2.05, 4.69) is 0 Å². The van der Waals surface area contributed by atoms with E-state index in [1.807, 2.05) is 0 Å². The van der Waals surface area contributed by atoms with Crippen molar-refractivity contribution in [2.75, 3.05) is 0 Å². The zero-order chi connectivity index (χ0) is 2.00. The van der Waals surface area contributed by atoms with Gasteiger partial charge in [-0.05, 0) is 0 Å². The molecular formula is GdOTiZr. The van der Waals surface area contributed by atoms with Gasteiger partial charge in [-0.25, -0.2) is 0 Å². The molecule has 22 valence electrons. The molecule has 0 fully saturated rings. The van der Waals surface area contributed by atoms with Gasteiger partial charge >= 0.3 is 23.7 Å². The van der Waals surface area contributed by atoms with Crippen LogP contribution >= 0.6 is 0 Å². The first-order chi connectivity index (χ1) is 1.00. The molecule has 0 aliphatic carbocycles. The van der Waals surface area contributed by atoms with Crippen molar-refractivity contribution in [3.8, 4) is 0 Å². The third-order valence-corrected chi connectivity index (χ3v) is 0. The quantitative estimate of drug-likeness (QED) is 0.570. The van der Waals surface area contributed by atoms with Crippen molar-refractivity contribution in [2.45, 2.75) is 0 Å². The van der Waals surface area contributed by atoms with Crippen molar-refractivity contribution in [2.24, 2.45) is 0 Å². The molecule has 0 aromatic heterocycles. The van der Waals surface area contributed by atoms with Crippen molar-refractivity contribution >= 4 is 0 Å². The van der Waals surface area contributed by atoms with Gasteiger partial charge in [0, 0.05) is 66.1 Å². The Kier molecular flexibility index (Phi) is 68.4. The van der Waals surface area contributed by atoms with Crippen LogP contribution < -0.4 is 0 Å². The molecule has 0 saturated carbocycles. The van der Waals surface area contributed by atoms with Gasteiger partial charge in [0.25, 0.3) is 0 Å². The first-order valence-corrected chi connectivity index (χ1v) is 0.842. The third-order valence-electron chi connectivity index (χ3n) is 0. The van der Waals surface area contributed by atoms with Crippen LogP contribution in [0.2, 0.25) is 0 Å². The minimum absolute atomic E-state index is 0. The van der Waals surface area contributed by atoms with Gasteiger partial charge in [-0.2, -0.15) is 0 Å². The predicted molar refractivity (Wildman–Crippen MR) is 0.686 cm³/mol. The molecule has 0 amide bonds. The Morgan fingerprint density at radius 1 is 1.25 bits per heavy atom. The van der Waals surface area contributed by atoms with Crippen LogP contribution in [-0.2, 0) is 49.9 Å². The van der Waals surface area contributed by atoms with Crippen LogP contribution in [0.25, 0.3) is 0 Å². The van der Waals surface area contributed by atoms with Gasteiger partial charge < -0.3 is 0 Å². The summed E-state index contributed by atoms with van der Waals surface area (Å²) in [5, 5.41) is 0.